The maximum absolute atomic E-state index is 10.5. The van der Waals surface area contributed by atoms with Crippen LogP contribution in [0.5, 0.6) is 0 Å². The second kappa shape index (κ2) is 4.81. The maximum Gasteiger partial charge on any atom is 0.269 e. The number of hydrogen-bond acceptors (Lipinski definition) is 4. The molecule has 0 bridgehead atoms. The molecule has 17 heavy (non-hydrogen) atoms. The molecular formula is C12H16N2O3. The highest BCUT2D eigenvalue weighted by atomic mass is 16.6. The number of non-ortho nitro benzene ring substituents is 1. The first-order chi connectivity index (χ1) is 8.09. The Morgan fingerprint density at radius 2 is 2.12 bits per heavy atom. The smallest absolute Gasteiger partial charge is 0.269 e. The molecule has 1 aromatic carbocycles. The molecule has 0 spiro atoms. The van der Waals surface area contributed by atoms with Crippen LogP contribution >= 0.6 is 0 Å². The lowest BCUT2D eigenvalue weighted by Gasteiger charge is -2.33. The first-order valence-corrected chi connectivity index (χ1v) is 5.69. The molecule has 1 unspecified atom stereocenters. The molecular weight excluding hydrogens is 220 g/mol. The van der Waals surface area contributed by atoms with Crippen molar-refractivity contribution in [3.63, 3.8) is 0 Å². The van der Waals surface area contributed by atoms with Gasteiger partial charge >= 0.3 is 0 Å². The molecule has 0 saturated carbocycles. The SMILES string of the molecule is NC1(Cc2ccc([N+](=O)[O-])cc2)CCCOC1. The van der Waals surface area contributed by atoms with Gasteiger partial charge in [0.25, 0.3) is 5.69 Å². The van der Waals surface area contributed by atoms with Gasteiger partial charge < -0.3 is 10.5 Å². The van der Waals surface area contributed by atoms with Gasteiger partial charge in [0, 0.05) is 24.3 Å². The Hall–Kier alpha value is -1.46. The quantitative estimate of drug-likeness (QED) is 0.639. The number of rotatable bonds is 3. The molecule has 0 aromatic heterocycles. The van der Waals surface area contributed by atoms with Crippen LogP contribution in [-0.4, -0.2) is 23.7 Å². The summed E-state index contributed by atoms with van der Waals surface area (Å²) in [5, 5.41) is 10.5. The summed E-state index contributed by atoms with van der Waals surface area (Å²) in [5.41, 5.74) is 7.03. The van der Waals surface area contributed by atoms with E-state index in [1.54, 1.807) is 12.1 Å². The molecule has 1 fully saturated rings. The summed E-state index contributed by atoms with van der Waals surface area (Å²) in [6.07, 6.45) is 2.61. The molecule has 1 heterocycles. The molecule has 1 saturated heterocycles. The van der Waals surface area contributed by atoms with Crippen LogP contribution in [0.3, 0.4) is 0 Å². The molecule has 1 aromatic rings. The van der Waals surface area contributed by atoms with Gasteiger partial charge in [-0.25, -0.2) is 0 Å². The molecule has 1 aliphatic heterocycles. The van der Waals surface area contributed by atoms with E-state index in [4.69, 9.17) is 10.5 Å². The predicted molar refractivity (Wildman–Crippen MR) is 63.8 cm³/mol. The average Bonchev–Trinajstić information content (AvgIpc) is 2.30. The average molecular weight is 236 g/mol. The summed E-state index contributed by atoms with van der Waals surface area (Å²) >= 11 is 0. The van der Waals surface area contributed by atoms with Gasteiger partial charge in [-0.1, -0.05) is 12.1 Å². The van der Waals surface area contributed by atoms with Crippen LogP contribution in [-0.2, 0) is 11.2 Å². The fourth-order valence-electron chi connectivity index (χ4n) is 2.16. The van der Waals surface area contributed by atoms with Crippen molar-refractivity contribution in [1.29, 1.82) is 0 Å². The molecule has 5 nitrogen and oxygen atoms in total. The molecule has 1 atom stereocenters. The van der Waals surface area contributed by atoms with Gasteiger partial charge in [0.2, 0.25) is 0 Å². The number of nitro benzene ring substituents is 1. The molecule has 5 heteroatoms. The Morgan fingerprint density at radius 1 is 1.41 bits per heavy atom. The zero-order chi connectivity index (χ0) is 12.3. The van der Waals surface area contributed by atoms with Gasteiger partial charge in [0.15, 0.2) is 0 Å². The zero-order valence-corrected chi connectivity index (χ0v) is 9.59. The highest BCUT2D eigenvalue weighted by Crippen LogP contribution is 2.22. The zero-order valence-electron chi connectivity index (χ0n) is 9.59. The maximum atomic E-state index is 10.5. The monoisotopic (exact) mass is 236 g/mol. The van der Waals surface area contributed by atoms with Crippen LogP contribution in [0.15, 0.2) is 24.3 Å². The summed E-state index contributed by atoms with van der Waals surface area (Å²) in [6.45, 7) is 1.34. The van der Waals surface area contributed by atoms with E-state index in [2.05, 4.69) is 0 Å². The molecule has 0 aliphatic carbocycles. The van der Waals surface area contributed by atoms with E-state index in [9.17, 15) is 10.1 Å². The normalized spacial score (nSPS) is 24.5. The second-order valence-corrected chi connectivity index (χ2v) is 4.62. The van der Waals surface area contributed by atoms with Crippen molar-refractivity contribution < 1.29 is 9.66 Å². The van der Waals surface area contributed by atoms with Crippen molar-refractivity contribution in [3.05, 3.63) is 39.9 Å². The molecule has 2 N–H and O–H groups in total. The Balaban J connectivity index is 2.05. The van der Waals surface area contributed by atoms with E-state index < -0.39 is 4.92 Å². The summed E-state index contributed by atoms with van der Waals surface area (Å²) in [7, 11) is 0. The van der Waals surface area contributed by atoms with Crippen molar-refractivity contribution in [3.8, 4) is 0 Å². The van der Waals surface area contributed by atoms with E-state index in [-0.39, 0.29) is 11.2 Å². The fraction of sp³-hybridized carbons (Fsp3) is 0.500. The third-order valence-electron chi connectivity index (χ3n) is 3.06. The lowest BCUT2D eigenvalue weighted by Crippen LogP contribution is -2.49. The van der Waals surface area contributed by atoms with Gasteiger partial charge in [0.1, 0.15) is 0 Å². The Labute approximate surface area is 99.7 Å². The summed E-state index contributed by atoms with van der Waals surface area (Å²) in [4.78, 5) is 10.1. The molecule has 2 rings (SSSR count). The van der Waals surface area contributed by atoms with Gasteiger partial charge in [0.05, 0.1) is 11.5 Å². The molecule has 92 valence electrons. The van der Waals surface area contributed by atoms with Crippen molar-refractivity contribution in [2.45, 2.75) is 24.8 Å². The van der Waals surface area contributed by atoms with Crippen LogP contribution < -0.4 is 5.73 Å². The van der Waals surface area contributed by atoms with E-state index in [1.165, 1.54) is 12.1 Å². The van der Waals surface area contributed by atoms with Crippen molar-refractivity contribution in [1.82, 2.24) is 0 Å². The van der Waals surface area contributed by atoms with E-state index in [1.807, 2.05) is 0 Å². The minimum Gasteiger partial charge on any atom is -0.380 e. The van der Waals surface area contributed by atoms with E-state index in [0.717, 1.165) is 25.0 Å². The minimum atomic E-state index is -0.397. The third kappa shape index (κ3) is 3.01. The Bertz CT molecular complexity index is 397. The minimum absolute atomic E-state index is 0.111. The lowest BCUT2D eigenvalue weighted by molar-refractivity contribution is -0.384. The number of nitrogens with two attached hydrogens (primary N) is 1. The largest absolute Gasteiger partial charge is 0.380 e. The van der Waals surface area contributed by atoms with Crippen molar-refractivity contribution >= 4 is 5.69 Å². The second-order valence-electron chi connectivity index (χ2n) is 4.62. The van der Waals surface area contributed by atoms with Gasteiger partial charge in [-0.05, 0) is 24.8 Å². The van der Waals surface area contributed by atoms with Crippen LogP contribution in [0.25, 0.3) is 0 Å². The van der Waals surface area contributed by atoms with Crippen LogP contribution in [0.4, 0.5) is 5.69 Å². The van der Waals surface area contributed by atoms with Crippen molar-refractivity contribution in [2.24, 2.45) is 5.73 Å². The topological polar surface area (TPSA) is 78.4 Å². The molecule has 1 aliphatic rings. The molecule has 0 amide bonds. The highest BCUT2D eigenvalue weighted by Gasteiger charge is 2.28. The van der Waals surface area contributed by atoms with Gasteiger partial charge in [-0.15, -0.1) is 0 Å². The Morgan fingerprint density at radius 3 is 2.65 bits per heavy atom. The fourth-order valence-corrected chi connectivity index (χ4v) is 2.16. The standard InChI is InChI=1S/C12H16N2O3/c13-12(6-1-7-17-9-12)8-10-2-4-11(5-3-10)14(15)16/h2-5H,1,6-9,13H2. The van der Waals surface area contributed by atoms with E-state index >= 15 is 0 Å². The van der Waals surface area contributed by atoms with Crippen LogP contribution in [0, 0.1) is 10.1 Å². The van der Waals surface area contributed by atoms with Crippen LogP contribution in [0.1, 0.15) is 18.4 Å². The number of nitro groups is 1. The molecule has 0 radical (unpaired) electrons. The number of hydrogen-bond donors (Lipinski definition) is 1. The summed E-state index contributed by atoms with van der Waals surface area (Å²) < 4.78 is 5.39. The number of benzene rings is 1. The third-order valence-corrected chi connectivity index (χ3v) is 3.06. The predicted octanol–water partition coefficient (Wildman–Crippen LogP) is 1.65. The highest BCUT2D eigenvalue weighted by molar-refractivity contribution is 5.33. The van der Waals surface area contributed by atoms with Gasteiger partial charge in [-0.2, -0.15) is 0 Å². The summed E-state index contributed by atoms with van der Waals surface area (Å²) in [6, 6.07) is 6.56. The van der Waals surface area contributed by atoms with Gasteiger partial charge in [-0.3, -0.25) is 10.1 Å². The Kier molecular flexibility index (Phi) is 3.40. The number of nitrogens with zero attached hydrogens (tertiary/aromatic N) is 1. The lowest BCUT2D eigenvalue weighted by atomic mass is 9.87. The number of ether oxygens (including phenoxy) is 1. The first-order valence-electron chi connectivity index (χ1n) is 5.69. The summed E-state index contributed by atoms with van der Waals surface area (Å²) in [5.74, 6) is 0. The van der Waals surface area contributed by atoms with E-state index in [0.29, 0.717) is 13.0 Å². The first kappa shape index (κ1) is 12.0. The van der Waals surface area contributed by atoms with Crippen molar-refractivity contribution in [2.75, 3.05) is 13.2 Å². The van der Waals surface area contributed by atoms with Crippen LogP contribution in [0.2, 0.25) is 0 Å².